The number of carbonyl (C=O) groups is 5. The number of esters is 2. The number of carbonyl (C=O) groups excluding carboxylic acids is 4. The molecule has 4 aromatic heterocycles. The second-order valence-electron chi connectivity index (χ2n) is 25.8. The highest BCUT2D eigenvalue weighted by molar-refractivity contribution is 14.1. The number of halogens is 2. The van der Waals surface area contributed by atoms with Gasteiger partial charge in [0.25, 0.3) is 11.8 Å². The number of aliphatic hydroxyl groups is 3. The van der Waals surface area contributed by atoms with Crippen LogP contribution >= 0.6 is 34.2 Å². The van der Waals surface area contributed by atoms with E-state index in [1.165, 1.54) is 85.7 Å². The third-order valence-corrected chi connectivity index (χ3v) is 18.8. The summed E-state index contributed by atoms with van der Waals surface area (Å²) in [6, 6.07) is 11.5. The van der Waals surface area contributed by atoms with Crippen molar-refractivity contribution in [3.8, 4) is 41.3 Å². The van der Waals surface area contributed by atoms with E-state index in [0.717, 1.165) is 49.4 Å². The largest absolute Gasteiger partial charge is 0.490 e. The number of ether oxygens (including phenoxy) is 4. The molecule has 4 aliphatic rings. The average Bonchev–Trinajstić information content (AvgIpc) is 1.73. The number of anilines is 1. The average molecular weight is 1480 g/mol. The van der Waals surface area contributed by atoms with Crippen LogP contribution in [-0.4, -0.2) is 163 Å². The van der Waals surface area contributed by atoms with Crippen LogP contribution in [-0.2, 0) is 64.2 Å². The van der Waals surface area contributed by atoms with E-state index >= 15 is 0 Å². The topological polar surface area (TPSA) is 319 Å². The first-order valence-corrected chi connectivity index (χ1v) is 34.1. The van der Waals surface area contributed by atoms with Gasteiger partial charge in [0.2, 0.25) is 0 Å². The van der Waals surface area contributed by atoms with Crippen molar-refractivity contribution in [3.63, 3.8) is 0 Å². The Hall–Kier alpha value is -8.34. The van der Waals surface area contributed by atoms with E-state index in [9.17, 15) is 43.5 Å². The lowest BCUT2D eigenvalue weighted by Gasteiger charge is -2.46. The molecule has 1 fully saturated rings. The standard InChI is InChI=1S/C42H50ClN5O6S.C11H14N2O3.C10H12N2O3.C6H7IN2O2/c1-27-8-6-10-37(53-5)32-14-11-30(32)22-48-25-42(18-7-9-28-20-31(43)13-15-34(28)42)26-54-38-16-12-29(21-36(38)48)39(49)45-55(52,24-27)46-40(50)33-23-47(4)44-35(33)17-19-41(2,3)51;1-11(2,15)6-5-9-8(10(14)16-4)7-13(3)12-9;1-10(2,15)5-4-8-7(9(13)14)6-12(3)11-8;1-9-3-4(5(7)8-9)6(10)11-2/h6,10,12-13,15-16,20-21,23,27,30,32,37,51H,7-9,11,14,18,22,24-26H2,1-5H3,(H,45,46,49,50,52);7,15H,1-4H3;6,15H,1-3H3,(H,13,14);3H,1-2H3/b10-6+;;;/t27-,30-,32+,37-,42-,55?;;;/m0.../s1. The third-order valence-electron chi connectivity index (χ3n) is 15.8. The Balaban J connectivity index is 0.000000252. The minimum atomic E-state index is -3.67. The maximum Gasteiger partial charge on any atom is 0.342 e. The molecule has 1 unspecified atom stereocenters. The van der Waals surface area contributed by atoms with Crippen LogP contribution in [0.4, 0.5) is 5.69 Å². The number of rotatable bonds is 6. The maximum atomic E-state index is 14.8. The predicted octanol–water partition coefficient (Wildman–Crippen LogP) is 7.64. The molecule has 6 atom stereocenters. The zero-order chi connectivity index (χ0) is 71.5. The fraction of sp³-hybridized carbons (Fsp3) is 0.464. The highest BCUT2D eigenvalue weighted by Crippen LogP contribution is 2.47. The van der Waals surface area contributed by atoms with Crippen LogP contribution in [0.25, 0.3) is 0 Å². The number of benzene rings is 2. The number of nitrogens with zero attached hydrogens (tertiary/aromatic N) is 10. The van der Waals surface area contributed by atoms with Gasteiger partial charge in [-0.25, -0.2) is 18.6 Å². The van der Waals surface area contributed by atoms with Crippen molar-refractivity contribution in [1.29, 1.82) is 0 Å². The van der Waals surface area contributed by atoms with Crippen molar-refractivity contribution in [3.05, 3.63) is 138 Å². The molecular weight excluding hydrogens is 1400 g/mol. The van der Waals surface area contributed by atoms with Crippen LogP contribution in [0.1, 0.15) is 161 Å². The SMILES string of the molecule is COC(=O)c1cn(C)nc1C#CC(C)(C)O.COC(=O)c1cn(C)nc1I.CO[C@H]1/C=C/C[C@H](C)CS(=O)(NC(=O)c2cn(C)nc2C#CC(C)(C)O)=NC(=O)c2ccc3c(c2)N(C[C@@H]2CC[C@H]21)C[C@@]1(CCCc2cc(Cl)ccc21)CO3.Cn1cc(C(=O)O)c(C#CC(C)(C)O)n1. The molecule has 2 aromatic carbocycles. The number of carboxylic acid groups (broad SMARTS) is 1. The Labute approximate surface area is 584 Å². The number of methoxy groups -OCH3 is 3. The van der Waals surface area contributed by atoms with E-state index in [4.69, 9.17) is 26.2 Å². The minimum Gasteiger partial charge on any atom is -0.490 e. The number of allylic oxidation sites excluding steroid dienone is 1. The van der Waals surface area contributed by atoms with E-state index < -0.39 is 50.5 Å². The predicted molar refractivity (Wildman–Crippen MR) is 372 cm³/mol. The summed E-state index contributed by atoms with van der Waals surface area (Å²) in [6.45, 7) is 13.0. The van der Waals surface area contributed by atoms with Crippen LogP contribution in [0.2, 0.25) is 5.02 Å². The van der Waals surface area contributed by atoms with Gasteiger partial charge >= 0.3 is 17.9 Å². The molecule has 97 heavy (non-hydrogen) atoms. The van der Waals surface area contributed by atoms with Gasteiger partial charge in [0.05, 0.1) is 43.9 Å². The summed E-state index contributed by atoms with van der Waals surface area (Å²) in [5, 5.41) is 54.7. The Kier molecular flexibility index (Phi) is 25.0. The van der Waals surface area contributed by atoms with Gasteiger partial charge in [-0.05, 0) is 180 Å². The monoisotopic (exact) mass is 1480 g/mol. The van der Waals surface area contributed by atoms with Crippen molar-refractivity contribution >= 4 is 79.5 Å². The van der Waals surface area contributed by atoms with Crippen LogP contribution < -0.4 is 14.4 Å². The van der Waals surface area contributed by atoms with E-state index in [-0.39, 0.29) is 57.2 Å². The molecule has 6 heterocycles. The number of aryl methyl sites for hydroxylation is 5. The van der Waals surface area contributed by atoms with E-state index in [2.05, 4.69) is 104 Å². The van der Waals surface area contributed by atoms with Gasteiger partial charge in [0.1, 0.15) is 69.9 Å². The minimum absolute atomic E-state index is 0.0363. The first-order chi connectivity index (χ1) is 45.4. The van der Waals surface area contributed by atoms with E-state index in [1.807, 2.05) is 41.6 Å². The fourth-order valence-electron chi connectivity index (χ4n) is 11.2. The summed E-state index contributed by atoms with van der Waals surface area (Å²) >= 11 is 8.45. The van der Waals surface area contributed by atoms with Crippen LogP contribution in [0.15, 0.2) is 77.7 Å². The van der Waals surface area contributed by atoms with Crippen LogP contribution in [0.3, 0.4) is 0 Å². The molecule has 28 heteroatoms. The smallest absolute Gasteiger partial charge is 0.342 e. The normalized spacial score (nSPS) is 20.7. The lowest BCUT2D eigenvalue weighted by atomic mass is 9.68. The Morgan fingerprint density at radius 2 is 1.31 bits per heavy atom. The Bertz CT molecular complexity index is 4300. The first-order valence-electron chi connectivity index (χ1n) is 31.0. The third kappa shape index (κ3) is 20.8. The van der Waals surface area contributed by atoms with Gasteiger partial charge in [0, 0.05) is 89.2 Å². The van der Waals surface area contributed by atoms with Crippen LogP contribution in [0, 0.1) is 57.0 Å². The zero-order valence-corrected chi connectivity index (χ0v) is 60.5. The molecule has 518 valence electrons. The number of amides is 2. The Morgan fingerprint density at radius 3 is 1.85 bits per heavy atom. The quantitative estimate of drug-likeness (QED) is 0.0463. The molecule has 1 saturated carbocycles. The summed E-state index contributed by atoms with van der Waals surface area (Å²) in [5.74, 6) is 13.4. The van der Waals surface area contributed by atoms with E-state index in [0.29, 0.717) is 57.7 Å². The number of nitrogens with one attached hydrogen (secondary N) is 1. The van der Waals surface area contributed by atoms with Gasteiger partial charge in [-0.3, -0.25) is 33.0 Å². The maximum absolute atomic E-state index is 14.8. The summed E-state index contributed by atoms with van der Waals surface area (Å²) in [5.41, 5.74) is 1.11. The molecule has 2 aliphatic carbocycles. The van der Waals surface area contributed by atoms with Crippen molar-refractivity contribution < 1.29 is 67.6 Å². The molecule has 0 saturated heterocycles. The summed E-state index contributed by atoms with van der Waals surface area (Å²) in [4.78, 5) is 63.4. The van der Waals surface area contributed by atoms with Gasteiger partial charge in [-0.15, -0.1) is 4.36 Å². The number of aromatic carboxylic acids is 1. The molecule has 10 rings (SSSR count). The number of hydrogen-bond donors (Lipinski definition) is 5. The lowest BCUT2D eigenvalue weighted by Crippen LogP contribution is -2.49. The molecule has 1 spiro atoms. The highest BCUT2D eigenvalue weighted by Gasteiger charge is 2.45. The molecule has 2 bridgehead atoms. The number of aromatic nitrogens is 8. The number of hydrogen-bond acceptors (Lipinski definition) is 18. The van der Waals surface area contributed by atoms with Gasteiger partial charge in [0.15, 0.2) is 0 Å². The van der Waals surface area contributed by atoms with Gasteiger partial charge < -0.3 is 44.3 Å². The van der Waals surface area contributed by atoms with Crippen molar-refractivity contribution in [1.82, 2.24) is 43.8 Å². The van der Waals surface area contributed by atoms with Gasteiger partial charge in [-0.1, -0.05) is 54.5 Å². The summed E-state index contributed by atoms with van der Waals surface area (Å²) < 4.78 is 50.0. The number of carboxylic acids is 1. The highest BCUT2D eigenvalue weighted by atomic mass is 127. The van der Waals surface area contributed by atoms with Crippen LogP contribution in [0.5, 0.6) is 5.75 Å². The Morgan fingerprint density at radius 1 is 0.763 bits per heavy atom. The van der Waals surface area contributed by atoms with Gasteiger partial charge in [-0.2, -0.15) is 20.4 Å². The number of fused-ring (bicyclic) bond motifs is 4. The summed E-state index contributed by atoms with van der Waals surface area (Å²) in [6.07, 6.45) is 15.6. The molecule has 6 aromatic rings. The van der Waals surface area contributed by atoms with Crippen molar-refractivity contribution in [2.45, 2.75) is 115 Å². The second kappa shape index (κ2) is 31.9. The first kappa shape index (κ1) is 76.0. The van der Waals surface area contributed by atoms with Crippen molar-refractivity contribution in [2.24, 2.45) is 50.3 Å². The zero-order valence-electron chi connectivity index (χ0n) is 56.8. The second-order valence-corrected chi connectivity index (χ2v) is 29.3. The summed E-state index contributed by atoms with van der Waals surface area (Å²) in [7, 11) is 7.41. The molecule has 25 nitrogen and oxygen atoms in total. The molecule has 2 amide bonds. The van der Waals surface area contributed by atoms with E-state index in [1.54, 1.807) is 72.2 Å². The fourth-order valence-corrected chi connectivity index (χ4v) is 14.0. The lowest BCUT2D eigenvalue weighted by molar-refractivity contribution is 0.0131. The molecule has 0 radical (unpaired) electrons. The molecule has 5 N–H and O–H groups in total. The molecular formula is C69H83ClIN11O14S. The van der Waals surface area contributed by atoms with Crippen molar-refractivity contribution in [2.75, 3.05) is 51.7 Å². The molecule has 2 aliphatic heterocycles.